The molecule has 0 saturated heterocycles. The molecule has 0 saturated carbocycles. The normalized spacial score (nSPS) is 11.4. The molecule has 0 aliphatic heterocycles. The van der Waals surface area contributed by atoms with Crippen LogP contribution in [0.25, 0.3) is 5.69 Å². The molecule has 1 amide bonds. The average Bonchev–Trinajstić information content (AvgIpc) is 2.99. The lowest BCUT2D eigenvalue weighted by atomic mass is 9.92. The Balaban J connectivity index is 2.00. The lowest BCUT2D eigenvalue weighted by molar-refractivity contribution is 0.102. The first-order valence-electron chi connectivity index (χ1n) is 8.17. The molecule has 0 bridgehead atoms. The number of rotatable bonds is 3. The number of carbonyl (C=O) groups excluding carboxylic acids is 1. The van der Waals surface area contributed by atoms with Crippen LogP contribution < -0.4 is 5.32 Å². The van der Waals surface area contributed by atoms with Crippen molar-refractivity contribution in [2.75, 3.05) is 5.32 Å². The molecule has 0 atom stereocenters. The van der Waals surface area contributed by atoms with Crippen LogP contribution in [0.1, 0.15) is 36.8 Å². The number of carbonyl (C=O) groups is 1. The predicted molar refractivity (Wildman–Crippen MR) is 109 cm³/mol. The van der Waals surface area contributed by atoms with Crippen molar-refractivity contribution in [3.63, 3.8) is 0 Å². The van der Waals surface area contributed by atoms with Crippen LogP contribution in [0.3, 0.4) is 0 Å². The Labute approximate surface area is 166 Å². The third kappa shape index (κ3) is 4.17. The number of benzene rings is 2. The van der Waals surface area contributed by atoms with Gasteiger partial charge in [-0.2, -0.15) is 5.10 Å². The van der Waals surface area contributed by atoms with Gasteiger partial charge in [-0.05, 0) is 42.5 Å². The van der Waals surface area contributed by atoms with Gasteiger partial charge < -0.3 is 5.32 Å². The Kier molecular flexibility index (Phi) is 5.21. The van der Waals surface area contributed by atoms with Crippen LogP contribution >= 0.6 is 27.5 Å². The van der Waals surface area contributed by atoms with Crippen LogP contribution in [0.15, 0.2) is 59.1 Å². The van der Waals surface area contributed by atoms with Crippen LogP contribution in [0.2, 0.25) is 5.02 Å². The molecule has 0 radical (unpaired) electrons. The van der Waals surface area contributed by atoms with Gasteiger partial charge in [-0.25, -0.2) is 4.68 Å². The zero-order valence-electron chi connectivity index (χ0n) is 14.8. The SMILES string of the molecule is CC(C)(C)c1cc(NC(=O)c2cccc(Br)c2)n(-c2ccc(Cl)cc2)n1. The smallest absolute Gasteiger partial charge is 0.256 e. The summed E-state index contributed by atoms with van der Waals surface area (Å²) >= 11 is 9.39. The maximum Gasteiger partial charge on any atom is 0.256 e. The molecule has 0 fully saturated rings. The van der Waals surface area contributed by atoms with Crippen molar-refractivity contribution in [3.8, 4) is 5.69 Å². The number of nitrogens with zero attached hydrogens (tertiary/aromatic N) is 2. The first-order valence-corrected chi connectivity index (χ1v) is 9.34. The fraction of sp³-hybridized carbons (Fsp3) is 0.200. The summed E-state index contributed by atoms with van der Waals surface area (Å²) in [6, 6.07) is 16.5. The highest BCUT2D eigenvalue weighted by atomic mass is 79.9. The average molecular weight is 433 g/mol. The molecular weight excluding hydrogens is 414 g/mol. The van der Waals surface area contributed by atoms with Gasteiger partial charge in [0.15, 0.2) is 0 Å². The molecule has 0 aliphatic rings. The number of halogens is 2. The fourth-order valence-corrected chi connectivity index (χ4v) is 2.96. The number of aromatic nitrogens is 2. The Morgan fingerprint density at radius 1 is 1.12 bits per heavy atom. The molecule has 0 unspecified atom stereocenters. The minimum absolute atomic E-state index is 0.146. The Morgan fingerprint density at radius 2 is 1.81 bits per heavy atom. The second-order valence-electron chi connectivity index (χ2n) is 7.02. The summed E-state index contributed by atoms with van der Waals surface area (Å²) in [6.07, 6.45) is 0. The topological polar surface area (TPSA) is 46.9 Å². The molecule has 0 aliphatic carbocycles. The first-order chi connectivity index (χ1) is 12.2. The summed E-state index contributed by atoms with van der Waals surface area (Å²) < 4.78 is 2.58. The van der Waals surface area contributed by atoms with Crippen molar-refractivity contribution in [1.29, 1.82) is 0 Å². The third-order valence-electron chi connectivity index (χ3n) is 3.88. The molecule has 3 rings (SSSR count). The van der Waals surface area contributed by atoms with E-state index in [0.717, 1.165) is 15.9 Å². The molecule has 3 aromatic rings. The quantitative estimate of drug-likeness (QED) is 0.565. The highest BCUT2D eigenvalue weighted by Crippen LogP contribution is 2.27. The second kappa shape index (κ2) is 7.25. The molecule has 1 aromatic heterocycles. The largest absolute Gasteiger partial charge is 0.306 e. The summed E-state index contributed by atoms with van der Waals surface area (Å²) in [5, 5.41) is 8.31. The summed E-state index contributed by atoms with van der Waals surface area (Å²) in [6.45, 7) is 6.25. The van der Waals surface area contributed by atoms with Crippen LogP contribution in [0.5, 0.6) is 0 Å². The minimum atomic E-state index is -0.193. The van der Waals surface area contributed by atoms with Gasteiger partial charge in [0, 0.05) is 26.5 Å². The molecule has 1 heterocycles. The van der Waals surface area contributed by atoms with E-state index in [9.17, 15) is 4.79 Å². The monoisotopic (exact) mass is 431 g/mol. The van der Waals surface area contributed by atoms with Crippen LogP contribution in [0.4, 0.5) is 5.82 Å². The van der Waals surface area contributed by atoms with Gasteiger partial charge >= 0.3 is 0 Å². The van der Waals surface area contributed by atoms with Crippen molar-refractivity contribution >= 4 is 39.3 Å². The molecule has 134 valence electrons. The zero-order chi connectivity index (χ0) is 18.9. The summed E-state index contributed by atoms with van der Waals surface area (Å²) in [7, 11) is 0. The molecule has 0 spiro atoms. The Hall–Kier alpha value is -2.11. The van der Waals surface area contributed by atoms with Gasteiger partial charge in [-0.3, -0.25) is 4.79 Å². The van der Waals surface area contributed by atoms with Crippen LogP contribution in [-0.4, -0.2) is 15.7 Å². The number of hydrogen-bond acceptors (Lipinski definition) is 2. The van der Waals surface area contributed by atoms with E-state index in [1.54, 1.807) is 28.9 Å². The molecule has 4 nitrogen and oxygen atoms in total. The lowest BCUT2D eigenvalue weighted by Crippen LogP contribution is -2.15. The van der Waals surface area contributed by atoms with E-state index in [0.29, 0.717) is 16.4 Å². The number of anilines is 1. The standard InChI is InChI=1S/C20H19BrClN3O/c1-20(2,3)17-12-18(23-19(26)13-5-4-6-14(21)11-13)25(24-17)16-9-7-15(22)8-10-16/h4-12H,1-3H3,(H,23,26). The molecular formula is C20H19BrClN3O. The maximum absolute atomic E-state index is 12.7. The summed E-state index contributed by atoms with van der Waals surface area (Å²) in [4.78, 5) is 12.7. The van der Waals surface area contributed by atoms with E-state index in [1.807, 2.05) is 30.3 Å². The number of hydrogen-bond donors (Lipinski definition) is 1. The number of nitrogens with one attached hydrogen (secondary N) is 1. The van der Waals surface area contributed by atoms with Gasteiger partial charge in [0.2, 0.25) is 0 Å². The van der Waals surface area contributed by atoms with Crippen LogP contribution in [0, 0.1) is 0 Å². The second-order valence-corrected chi connectivity index (χ2v) is 8.37. The van der Waals surface area contributed by atoms with E-state index >= 15 is 0 Å². The van der Waals surface area contributed by atoms with E-state index in [4.69, 9.17) is 16.7 Å². The number of amides is 1. The van der Waals surface area contributed by atoms with Gasteiger partial charge in [0.25, 0.3) is 5.91 Å². The minimum Gasteiger partial charge on any atom is -0.306 e. The van der Waals surface area contributed by atoms with E-state index < -0.39 is 0 Å². The van der Waals surface area contributed by atoms with Crippen molar-refractivity contribution in [2.24, 2.45) is 0 Å². The molecule has 1 N–H and O–H groups in total. The third-order valence-corrected chi connectivity index (χ3v) is 4.62. The van der Waals surface area contributed by atoms with Gasteiger partial charge in [0.05, 0.1) is 11.4 Å². The van der Waals surface area contributed by atoms with E-state index in [-0.39, 0.29) is 11.3 Å². The molecule has 6 heteroatoms. The van der Waals surface area contributed by atoms with Gasteiger partial charge in [0.1, 0.15) is 5.82 Å². The van der Waals surface area contributed by atoms with Crippen molar-refractivity contribution < 1.29 is 4.79 Å². The fourth-order valence-electron chi connectivity index (χ4n) is 2.43. The Morgan fingerprint density at radius 3 is 2.42 bits per heavy atom. The summed E-state index contributed by atoms with van der Waals surface area (Å²) in [5.41, 5.74) is 2.14. The molecule has 2 aromatic carbocycles. The van der Waals surface area contributed by atoms with Gasteiger partial charge in [-0.1, -0.05) is 54.4 Å². The van der Waals surface area contributed by atoms with Crippen LogP contribution in [-0.2, 0) is 5.41 Å². The maximum atomic E-state index is 12.7. The lowest BCUT2D eigenvalue weighted by Gasteiger charge is -2.14. The highest BCUT2D eigenvalue weighted by Gasteiger charge is 2.21. The first kappa shape index (κ1) is 18.7. The highest BCUT2D eigenvalue weighted by molar-refractivity contribution is 9.10. The summed E-state index contributed by atoms with van der Waals surface area (Å²) in [5.74, 6) is 0.420. The predicted octanol–water partition coefficient (Wildman–Crippen LogP) is 5.84. The Bertz CT molecular complexity index is 942. The van der Waals surface area contributed by atoms with Crippen molar-refractivity contribution in [3.05, 3.63) is 75.4 Å². The van der Waals surface area contributed by atoms with Crippen molar-refractivity contribution in [1.82, 2.24) is 9.78 Å². The van der Waals surface area contributed by atoms with E-state index in [1.165, 1.54) is 0 Å². The zero-order valence-corrected chi connectivity index (χ0v) is 17.1. The van der Waals surface area contributed by atoms with Gasteiger partial charge in [-0.15, -0.1) is 0 Å². The van der Waals surface area contributed by atoms with E-state index in [2.05, 4.69) is 42.0 Å². The van der Waals surface area contributed by atoms with Crippen molar-refractivity contribution in [2.45, 2.75) is 26.2 Å². The molecule has 26 heavy (non-hydrogen) atoms.